The molecule has 1 aromatic rings. The second-order valence-corrected chi connectivity index (χ2v) is 4.74. The molecule has 1 aliphatic carbocycles. The lowest BCUT2D eigenvalue weighted by atomic mass is 9.85. The minimum atomic E-state index is 0.233. The van der Waals surface area contributed by atoms with Crippen molar-refractivity contribution in [1.29, 1.82) is 0 Å². The van der Waals surface area contributed by atoms with Crippen LogP contribution in [0, 0.1) is 12.8 Å². The fraction of sp³-hybridized carbons (Fsp3) is 0.667. The summed E-state index contributed by atoms with van der Waals surface area (Å²) in [6.45, 7) is 2.19. The van der Waals surface area contributed by atoms with Crippen LogP contribution in [0.3, 0.4) is 0 Å². The number of aliphatic hydroxyl groups excluding tert-OH is 1. The van der Waals surface area contributed by atoms with Crippen LogP contribution in [0.5, 0.6) is 0 Å². The Balaban J connectivity index is 2.10. The summed E-state index contributed by atoms with van der Waals surface area (Å²) in [5.74, 6) is 1.40. The highest BCUT2D eigenvalue weighted by molar-refractivity contribution is 5.46. The Bertz CT molecular complexity index is 383. The van der Waals surface area contributed by atoms with Crippen molar-refractivity contribution >= 4 is 11.8 Å². The zero-order valence-electron chi connectivity index (χ0n) is 10.2. The van der Waals surface area contributed by atoms with E-state index in [0.717, 1.165) is 24.2 Å². The predicted molar refractivity (Wildman–Crippen MR) is 67.6 cm³/mol. The number of aromatic nitrogens is 2. The molecule has 2 rings (SSSR count). The van der Waals surface area contributed by atoms with Crippen molar-refractivity contribution in [2.75, 3.05) is 17.7 Å². The van der Waals surface area contributed by atoms with Crippen LogP contribution in [0.2, 0.25) is 0 Å². The lowest BCUT2D eigenvalue weighted by molar-refractivity contribution is 0.178. The van der Waals surface area contributed by atoms with Crippen molar-refractivity contribution in [3.63, 3.8) is 0 Å². The third-order valence-corrected chi connectivity index (χ3v) is 3.46. The maximum Gasteiger partial charge on any atom is 0.221 e. The molecule has 0 radical (unpaired) electrons. The topological polar surface area (TPSA) is 84.1 Å². The van der Waals surface area contributed by atoms with Gasteiger partial charge in [-0.1, -0.05) is 12.8 Å². The summed E-state index contributed by atoms with van der Waals surface area (Å²) < 4.78 is 0. The molecular weight excluding hydrogens is 216 g/mol. The third-order valence-electron chi connectivity index (χ3n) is 3.46. The Kier molecular flexibility index (Phi) is 3.78. The predicted octanol–water partition coefficient (Wildman–Crippen LogP) is 1.33. The van der Waals surface area contributed by atoms with Gasteiger partial charge in [-0.25, -0.2) is 4.98 Å². The molecular formula is C12H20N4O. The second kappa shape index (κ2) is 5.31. The third kappa shape index (κ3) is 2.85. The molecule has 1 fully saturated rings. The maximum atomic E-state index is 9.37. The van der Waals surface area contributed by atoms with Gasteiger partial charge in [0.25, 0.3) is 0 Å². The Labute approximate surface area is 101 Å². The van der Waals surface area contributed by atoms with Gasteiger partial charge in [-0.15, -0.1) is 0 Å². The van der Waals surface area contributed by atoms with Crippen LogP contribution in [-0.4, -0.2) is 27.7 Å². The van der Waals surface area contributed by atoms with Crippen LogP contribution < -0.4 is 11.1 Å². The Morgan fingerprint density at radius 1 is 1.47 bits per heavy atom. The van der Waals surface area contributed by atoms with Crippen LogP contribution in [0.15, 0.2) is 6.20 Å². The van der Waals surface area contributed by atoms with Gasteiger partial charge < -0.3 is 16.2 Å². The van der Waals surface area contributed by atoms with Crippen LogP contribution in [0.1, 0.15) is 31.2 Å². The summed E-state index contributed by atoms with van der Waals surface area (Å²) in [5.41, 5.74) is 6.58. The van der Waals surface area contributed by atoms with E-state index in [1.165, 1.54) is 12.8 Å². The van der Waals surface area contributed by atoms with Gasteiger partial charge in [-0.3, -0.25) is 0 Å². The lowest BCUT2D eigenvalue weighted by Crippen LogP contribution is -2.35. The molecule has 4 N–H and O–H groups in total. The highest BCUT2D eigenvalue weighted by atomic mass is 16.3. The Hall–Kier alpha value is -1.36. The first-order valence-corrected chi connectivity index (χ1v) is 6.17. The largest absolute Gasteiger partial charge is 0.396 e. The van der Waals surface area contributed by atoms with Crippen LogP contribution >= 0.6 is 0 Å². The van der Waals surface area contributed by atoms with Gasteiger partial charge in [0.1, 0.15) is 5.82 Å². The fourth-order valence-electron chi connectivity index (χ4n) is 2.39. The average Bonchev–Trinajstić information content (AvgIpc) is 2.34. The van der Waals surface area contributed by atoms with Gasteiger partial charge in [0.05, 0.1) is 0 Å². The number of hydrogen-bond acceptors (Lipinski definition) is 5. The van der Waals surface area contributed by atoms with E-state index < -0.39 is 0 Å². The molecule has 0 aliphatic heterocycles. The fourth-order valence-corrected chi connectivity index (χ4v) is 2.39. The maximum absolute atomic E-state index is 9.37. The molecule has 0 aromatic carbocycles. The van der Waals surface area contributed by atoms with E-state index >= 15 is 0 Å². The first kappa shape index (κ1) is 12.1. The summed E-state index contributed by atoms with van der Waals surface area (Å²) in [5, 5.41) is 12.8. The summed E-state index contributed by atoms with van der Waals surface area (Å²) in [6, 6.07) is 0.293. The zero-order valence-corrected chi connectivity index (χ0v) is 10.2. The number of nitrogens with two attached hydrogens (primary N) is 1. The first-order valence-electron chi connectivity index (χ1n) is 6.17. The minimum absolute atomic E-state index is 0.233. The van der Waals surface area contributed by atoms with E-state index in [0.29, 0.717) is 12.0 Å². The second-order valence-electron chi connectivity index (χ2n) is 4.74. The van der Waals surface area contributed by atoms with Crippen molar-refractivity contribution < 1.29 is 5.11 Å². The van der Waals surface area contributed by atoms with Gasteiger partial charge in [0.15, 0.2) is 0 Å². The van der Waals surface area contributed by atoms with Gasteiger partial charge >= 0.3 is 0 Å². The molecule has 17 heavy (non-hydrogen) atoms. The molecule has 5 heteroatoms. The van der Waals surface area contributed by atoms with Crippen LogP contribution in [0.25, 0.3) is 0 Å². The normalized spacial score (nSPS) is 24.6. The zero-order chi connectivity index (χ0) is 12.3. The van der Waals surface area contributed by atoms with Gasteiger partial charge in [-0.05, 0) is 19.8 Å². The van der Waals surface area contributed by atoms with Crippen molar-refractivity contribution in [2.24, 2.45) is 5.92 Å². The number of aryl methyl sites for hydroxylation is 1. The van der Waals surface area contributed by atoms with E-state index in [4.69, 9.17) is 5.73 Å². The Morgan fingerprint density at radius 2 is 2.24 bits per heavy atom. The minimum Gasteiger partial charge on any atom is -0.396 e. The van der Waals surface area contributed by atoms with Crippen molar-refractivity contribution in [1.82, 2.24) is 9.97 Å². The highest BCUT2D eigenvalue weighted by Gasteiger charge is 2.25. The number of hydrogen-bond donors (Lipinski definition) is 3. The van der Waals surface area contributed by atoms with Crippen LogP contribution in [-0.2, 0) is 0 Å². The van der Waals surface area contributed by atoms with Crippen molar-refractivity contribution in [3.05, 3.63) is 11.8 Å². The average molecular weight is 236 g/mol. The molecule has 1 aliphatic rings. The molecule has 1 saturated carbocycles. The highest BCUT2D eigenvalue weighted by Crippen LogP contribution is 2.27. The smallest absolute Gasteiger partial charge is 0.221 e. The monoisotopic (exact) mass is 236 g/mol. The molecule has 0 spiro atoms. The number of nitrogens with one attached hydrogen (secondary N) is 1. The molecule has 2 unspecified atom stereocenters. The molecule has 1 heterocycles. The van der Waals surface area contributed by atoms with E-state index in [1.807, 2.05) is 6.92 Å². The van der Waals surface area contributed by atoms with Gasteiger partial charge in [-0.2, -0.15) is 4.98 Å². The number of nitrogen functional groups attached to an aromatic ring is 1. The standard InChI is InChI=1S/C12H20N4O/c1-8-6-14-12(13)16-11(8)15-10-5-3-2-4-9(10)7-17/h6,9-10,17H,2-5,7H2,1H3,(H3,13,14,15,16). The van der Waals surface area contributed by atoms with Crippen molar-refractivity contribution in [2.45, 2.75) is 38.6 Å². The summed E-state index contributed by atoms with van der Waals surface area (Å²) in [4.78, 5) is 8.16. The number of nitrogens with zero attached hydrogens (tertiary/aromatic N) is 2. The molecule has 5 nitrogen and oxygen atoms in total. The molecule has 0 saturated heterocycles. The van der Waals surface area contributed by atoms with E-state index in [2.05, 4.69) is 15.3 Å². The van der Waals surface area contributed by atoms with Gasteiger partial charge in [0, 0.05) is 30.3 Å². The van der Waals surface area contributed by atoms with E-state index in [9.17, 15) is 5.11 Å². The summed E-state index contributed by atoms with van der Waals surface area (Å²) in [7, 11) is 0. The summed E-state index contributed by atoms with van der Waals surface area (Å²) in [6.07, 6.45) is 6.28. The number of anilines is 2. The SMILES string of the molecule is Cc1cnc(N)nc1NC1CCCCC1CO. The molecule has 0 bridgehead atoms. The van der Waals surface area contributed by atoms with Gasteiger partial charge in [0.2, 0.25) is 5.95 Å². The number of rotatable bonds is 3. The summed E-state index contributed by atoms with van der Waals surface area (Å²) >= 11 is 0. The van der Waals surface area contributed by atoms with Crippen molar-refractivity contribution in [3.8, 4) is 0 Å². The number of aliphatic hydroxyl groups is 1. The molecule has 0 amide bonds. The Morgan fingerprint density at radius 3 is 3.00 bits per heavy atom. The van der Waals surface area contributed by atoms with E-state index in [-0.39, 0.29) is 12.6 Å². The first-order chi connectivity index (χ1) is 8.20. The molecule has 94 valence electrons. The lowest BCUT2D eigenvalue weighted by Gasteiger charge is -2.31. The molecule has 1 aromatic heterocycles. The van der Waals surface area contributed by atoms with E-state index in [1.54, 1.807) is 6.20 Å². The quantitative estimate of drug-likeness (QED) is 0.737. The van der Waals surface area contributed by atoms with Crippen LogP contribution in [0.4, 0.5) is 11.8 Å². The molecule has 2 atom stereocenters.